The van der Waals surface area contributed by atoms with Gasteiger partial charge in [0.2, 0.25) is 0 Å². The number of sulfone groups is 1. The number of likely N-dealkylation sites (tertiary alicyclic amines) is 1. The largest absolute Gasteiger partial charge is 0.378 e. The molecule has 1 N–H and O–H groups in total. The zero-order chi connectivity index (χ0) is 17.1. The summed E-state index contributed by atoms with van der Waals surface area (Å²) in [6.45, 7) is 6.90. The van der Waals surface area contributed by atoms with Crippen molar-refractivity contribution in [1.29, 1.82) is 0 Å². The van der Waals surface area contributed by atoms with Gasteiger partial charge in [0.25, 0.3) is 0 Å². The number of carbonyl (C=O) groups excluding carboxylic acids is 1. The molecule has 0 aromatic rings. The van der Waals surface area contributed by atoms with Crippen molar-refractivity contribution < 1.29 is 17.9 Å². The number of hydrogen-bond acceptors (Lipinski definition) is 4. The van der Waals surface area contributed by atoms with Gasteiger partial charge in [-0.15, -0.1) is 0 Å². The lowest BCUT2D eigenvalue weighted by Gasteiger charge is -2.32. The van der Waals surface area contributed by atoms with Gasteiger partial charge in [-0.05, 0) is 31.6 Å². The molecular weight excluding hydrogens is 316 g/mol. The van der Waals surface area contributed by atoms with E-state index in [9.17, 15) is 13.2 Å². The molecule has 1 saturated heterocycles. The summed E-state index contributed by atoms with van der Waals surface area (Å²) in [7, 11) is -2.99. The van der Waals surface area contributed by atoms with Gasteiger partial charge in [-0.25, -0.2) is 13.2 Å². The Morgan fingerprint density at radius 3 is 2.39 bits per heavy atom. The highest BCUT2D eigenvalue weighted by Gasteiger charge is 2.45. The quantitative estimate of drug-likeness (QED) is 0.761. The fraction of sp³-hybridized carbons (Fsp3) is 0.938. The zero-order valence-electron chi connectivity index (χ0n) is 14.5. The van der Waals surface area contributed by atoms with E-state index >= 15 is 0 Å². The number of amides is 2. The van der Waals surface area contributed by atoms with Crippen LogP contribution in [0.15, 0.2) is 0 Å². The summed E-state index contributed by atoms with van der Waals surface area (Å²) in [5.41, 5.74) is -0.220. The molecule has 2 rings (SSSR count). The van der Waals surface area contributed by atoms with E-state index in [0.717, 1.165) is 32.3 Å². The molecule has 7 heteroatoms. The summed E-state index contributed by atoms with van der Waals surface area (Å²) in [5, 5.41) is 2.92. The highest BCUT2D eigenvalue weighted by molar-refractivity contribution is 7.90. The van der Waals surface area contributed by atoms with Crippen molar-refractivity contribution in [1.82, 2.24) is 10.2 Å². The van der Waals surface area contributed by atoms with Crippen LogP contribution in [-0.4, -0.2) is 63.7 Å². The highest BCUT2D eigenvalue weighted by atomic mass is 32.2. The molecule has 0 spiro atoms. The number of nitrogens with zero attached hydrogens (tertiary/aromatic N) is 1. The Morgan fingerprint density at radius 2 is 1.91 bits per heavy atom. The fourth-order valence-electron chi connectivity index (χ4n) is 3.03. The number of rotatable bonds is 7. The van der Waals surface area contributed by atoms with Gasteiger partial charge in [-0.2, -0.15) is 0 Å². The van der Waals surface area contributed by atoms with E-state index in [1.807, 2.05) is 4.90 Å². The molecule has 0 bridgehead atoms. The van der Waals surface area contributed by atoms with Crippen LogP contribution in [-0.2, 0) is 14.6 Å². The Morgan fingerprint density at radius 1 is 1.30 bits per heavy atom. The molecule has 0 radical (unpaired) electrons. The summed E-state index contributed by atoms with van der Waals surface area (Å²) in [6.07, 6.45) is 5.01. The van der Waals surface area contributed by atoms with Crippen LogP contribution >= 0.6 is 0 Å². The number of carbonyl (C=O) groups is 1. The van der Waals surface area contributed by atoms with Gasteiger partial charge >= 0.3 is 6.03 Å². The first-order valence-corrected chi connectivity index (χ1v) is 10.6. The molecule has 6 nitrogen and oxygen atoms in total. The third-order valence-electron chi connectivity index (χ3n) is 4.53. The van der Waals surface area contributed by atoms with Crippen molar-refractivity contribution in [2.45, 2.75) is 45.6 Å². The third-order valence-corrected chi connectivity index (χ3v) is 5.67. The average molecular weight is 346 g/mol. The van der Waals surface area contributed by atoms with Crippen LogP contribution in [0.4, 0.5) is 4.79 Å². The van der Waals surface area contributed by atoms with E-state index in [1.54, 1.807) is 0 Å². The maximum atomic E-state index is 12.2. The lowest BCUT2D eigenvalue weighted by molar-refractivity contribution is 0.00207. The van der Waals surface area contributed by atoms with Gasteiger partial charge in [0.15, 0.2) is 0 Å². The van der Waals surface area contributed by atoms with Crippen molar-refractivity contribution in [3.63, 3.8) is 0 Å². The third kappa shape index (κ3) is 6.30. The number of piperidine rings is 1. The molecule has 1 aliphatic heterocycles. The van der Waals surface area contributed by atoms with Gasteiger partial charge in [-0.3, -0.25) is 0 Å². The first kappa shape index (κ1) is 18.5. The summed E-state index contributed by atoms with van der Waals surface area (Å²) in [5.74, 6) is 0.701. The predicted octanol–water partition coefficient (Wildman–Crippen LogP) is 1.66. The minimum atomic E-state index is -2.99. The van der Waals surface area contributed by atoms with Crippen LogP contribution in [0.3, 0.4) is 0 Å². The van der Waals surface area contributed by atoms with Crippen LogP contribution in [0, 0.1) is 11.3 Å². The van der Waals surface area contributed by atoms with Gasteiger partial charge in [0.05, 0.1) is 11.9 Å². The summed E-state index contributed by atoms with van der Waals surface area (Å²) < 4.78 is 28.7. The first-order chi connectivity index (χ1) is 10.7. The SMILES string of the molecule is CC(C)COC1CCN(C(=O)NCC2(CS(C)(=O)=O)CC2)CC1. The second-order valence-corrected chi connectivity index (χ2v) is 9.78. The van der Waals surface area contributed by atoms with Crippen LogP contribution in [0.25, 0.3) is 0 Å². The Bertz CT molecular complexity index is 506. The predicted molar refractivity (Wildman–Crippen MR) is 90.2 cm³/mol. The number of urea groups is 1. The monoisotopic (exact) mass is 346 g/mol. The average Bonchev–Trinajstić information content (AvgIpc) is 3.21. The minimum absolute atomic E-state index is 0.0768. The zero-order valence-corrected chi connectivity index (χ0v) is 15.3. The molecule has 2 fully saturated rings. The molecule has 2 amide bonds. The summed E-state index contributed by atoms with van der Waals surface area (Å²) in [4.78, 5) is 14.0. The molecule has 1 aliphatic carbocycles. The topological polar surface area (TPSA) is 75.7 Å². The van der Waals surface area contributed by atoms with E-state index in [2.05, 4.69) is 19.2 Å². The molecule has 1 heterocycles. The maximum Gasteiger partial charge on any atom is 0.317 e. The van der Waals surface area contributed by atoms with Crippen molar-refractivity contribution in [2.75, 3.05) is 38.2 Å². The van der Waals surface area contributed by atoms with Crippen LogP contribution in [0.5, 0.6) is 0 Å². The summed E-state index contributed by atoms with van der Waals surface area (Å²) in [6, 6.07) is -0.0768. The summed E-state index contributed by atoms with van der Waals surface area (Å²) >= 11 is 0. The molecule has 1 saturated carbocycles. The van der Waals surface area contributed by atoms with Gasteiger partial charge in [0.1, 0.15) is 9.84 Å². The number of hydrogen-bond donors (Lipinski definition) is 1. The van der Waals surface area contributed by atoms with Crippen molar-refractivity contribution in [2.24, 2.45) is 11.3 Å². The first-order valence-electron chi connectivity index (χ1n) is 8.51. The van der Waals surface area contributed by atoms with E-state index in [0.29, 0.717) is 25.6 Å². The van der Waals surface area contributed by atoms with E-state index < -0.39 is 9.84 Å². The Kier molecular flexibility index (Phi) is 5.94. The van der Waals surface area contributed by atoms with Crippen molar-refractivity contribution in [3.05, 3.63) is 0 Å². The number of nitrogens with one attached hydrogen (secondary N) is 1. The molecule has 0 aromatic heterocycles. The van der Waals surface area contributed by atoms with Gasteiger partial charge in [-0.1, -0.05) is 13.8 Å². The van der Waals surface area contributed by atoms with Gasteiger partial charge in [0, 0.05) is 37.9 Å². The molecule has 134 valence electrons. The minimum Gasteiger partial charge on any atom is -0.378 e. The smallest absolute Gasteiger partial charge is 0.317 e. The maximum absolute atomic E-state index is 12.2. The van der Waals surface area contributed by atoms with E-state index in [4.69, 9.17) is 4.74 Å². The number of ether oxygens (including phenoxy) is 1. The van der Waals surface area contributed by atoms with Crippen molar-refractivity contribution in [3.8, 4) is 0 Å². The highest BCUT2D eigenvalue weighted by Crippen LogP contribution is 2.46. The second-order valence-electron chi connectivity index (χ2n) is 7.64. The molecular formula is C16H30N2O4S. The fourth-order valence-corrected chi connectivity index (χ4v) is 4.54. The molecule has 0 atom stereocenters. The van der Waals surface area contributed by atoms with E-state index in [-0.39, 0.29) is 23.3 Å². The molecule has 0 aromatic carbocycles. The Hall–Kier alpha value is -0.820. The lowest BCUT2D eigenvalue weighted by atomic mass is 10.1. The molecule has 23 heavy (non-hydrogen) atoms. The lowest BCUT2D eigenvalue weighted by Crippen LogP contribution is -2.47. The second kappa shape index (κ2) is 7.38. The van der Waals surface area contributed by atoms with Crippen LogP contribution in [0.1, 0.15) is 39.5 Å². The van der Waals surface area contributed by atoms with Crippen LogP contribution in [0.2, 0.25) is 0 Å². The Labute approximate surface area is 139 Å². The molecule has 0 unspecified atom stereocenters. The molecule has 2 aliphatic rings. The normalized spacial score (nSPS) is 21.5. The van der Waals surface area contributed by atoms with Gasteiger partial charge < -0.3 is 15.0 Å². The Balaban J connectivity index is 1.69. The van der Waals surface area contributed by atoms with E-state index in [1.165, 1.54) is 6.26 Å². The van der Waals surface area contributed by atoms with Crippen molar-refractivity contribution >= 4 is 15.9 Å². The standard InChI is InChI=1S/C16H30N2O4S/c1-13(2)10-22-14-4-8-18(9-5-14)15(19)17-11-16(6-7-16)12-23(3,20)21/h13-14H,4-12H2,1-3H3,(H,17,19). The van der Waals surface area contributed by atoms with Crippen LogP contribution < -0.4 is 5.32 Å².